The summed E-state index contributed by atoms with van der Waals surface area (Å²) in [6, 6.07) is 17.8. The van der Waals surface area contributed by atoms with Gasteiger partial charge < -0.3 is 10.6 Å². The van der Waals surface area contributed by atoms with Crippen LogP contribution < -0.4 is 15.4 Å². The molecule has 0 radical (unpaired) electrons. The van der Waals surface area contributed by atoms with Crippen molar-refractivity contribution in [2.75, 3.05) is 10.6 Å². The molecule has 41 heavy (non-hydrogen) atoms. The zero-order valence-corrected chi connectivity index (χ0v) is 25.1. The number of urea groups is 1. The fourth-order valence-corrected chi connectivity index (χ4v) is 5.78. The number of rotatable bonds is 18. The van der Waals surface area contributed by atoms with E-state index in [1.54, 1.807) is 30.3 Å². The van der Waals surface area contributed by atoms with Gasteiger partial charge in [0.25, 0.3) is 10.0 Å². The Hall–Kier alpha value is -3.39. The Balaban J connectivity index is 1.29. The third-order valence-electron chi connectivity index (χ3n) is 7.19. The largest absolute Gasteiger partial charge is 0.333 e. The van der Waals surface area contributed by atoms with Crippen molar-refractivity contribution in [2.45, 2.75) is 102 Å². The van der Waals surface area contributed by atoms with Crippen LogP contribution in [0.4, 0.5) is 16.2 Å². The third-order valence-corrected chi connectivity index (χ3v) is 8.52. The summed E-state index contributed by atoms with van der Waals surface area (Å²) in [5.41, 5.74) is 1.03. The summed E-state index contributed by atoms with van der Waals surface area (Å²) in [6.07, 6.45) is 16.9. The summed E-state index contributed by atoms with van der Waals surface area (Å²) in [4.78, 5) is 24.7. The van der Waals surface area contributed by atoms with E-state index in [-0.39, 0.29) is 10.8 Å². The number of hydrogen-bond acceptors (Lipinski definition) is 4. The molecule has 3 rings (SSSR count). The minimum absolute atomic E-state index is 0.00732. The minimum atomic E-state index is -4.04. The van der Waals surface area contributed by atoms with E-state index in [2.05, 4.69) is 17.6 Å². The lowest BCUT2D eigenvalue weighted by molar-refractivity contribution is -0.116. The summed E-state index contributed by atoms with van der Waals surface area (Å²) in [6.45, 7) is 2.25. The summed E-state index contributed by atoms with van der Waals surface area (Å²) in [7, 11) is -4.04. The molecule has 8 heteroatoms. The number of unbranched alkanes of at least 4 members (excludes halogenated alkanes) is 12. The molecule has 3 amide bonds. The van der Waals surface area contributed by atoms with Crippen molar-refractivity contribution in [3.63, 3.8) is 0 Å². The number of carbonyl (C=O) groups is 2. The molecule has 3 aromatic rings. The summed E-state index contributed by atoms with van der Waals surface area (Å²) >= 11 is 0. The van der Waals surface area contributed by atoms with Gasteiger partial charge in [0.05, 0.1) is 4.90 Å². The van der Waals surface area contributed by atoms with Crippen molar-refractivity contribution in [2.24, 2.45) is 0 Å². The minimum Gasteiger partial charge on any atom is -0.326 e. The lowest BCUT2D eigenvalue weighted by atomic mass is 10.0. The number of fused-ring (bicyclic) bond motifs is 1. The second-order valence-corrected chi connectivity index (χ2v) is 12.4. The average molecular weight is 580 g/mol. The van der Waals surface area contributed by atoms with Gasteiger partial charge in [-0.3, -0.25) is 4.79 Å². The maximum absolute atomic E-state index is 12.7. The topological polar surface area (TPSA) is 104 Å². The van der Waals surface area contributed by atoms with Crippen LogP contribution >= 0.6 is 0 Å². The van der Waals surface area contributed by atoms with Gasteiger partial charge in [-0.2, -0.15) is 0 Å². The highest BCUT2D eigenvalue weighted by atomic mass is 32.2. The molecule has 222 valence electrons. The second kappa shape index (κ2) is 17.4. The Kier molecular flexibility index (Phi) is 13.7. The predicted octanol–water partition coefficient (Wildman–Crippen LogP) is 8.77. The fourth-order valence-electron chi connectivity index (χ4n) is 4.84. The molecule has 0 aromatic heterocycles. The van der Waals surface area contributed by atoms with Gasteiger partial charge in [0, 0.05) is 17.8 Å². The van der Waals surface area contributed by atoms with Crippen LogP contribution in [0.3, 0.4) is 0 Å². The molecule has 0 unspecified atom stereocenters. The molecule has 0 heterocycles. The molecule has 7 nitrogen and oxygen atoms in total. The maximum Gasteiger partial charge on any atom is 0.333 e. The second-order valence-electron chi connectivity index (χ2n) is 10.7. The van der Waals surface area contributed by atoms with Crippen LogP contribution in [0.2, 0.25) is 0 Å². The molecule has 0 spiro atoms. The normalized spacial score (nSPS) is 11.3. The van der Waals surface area contributed by atoms with Gasteiger partial charge in [-0.15, -0.1) is 0 Å². The Morgan fingerprint density at radius 1 is 0.610 bits per heavy atom. The fraction of sp³-hybridized carbons (Fsp3) is 0.455. The van der Waals surface area contributed by atoms with Crippen molar-refractivity contribution in [1.82, 2.24) is 4.72 Å². The van der Waals surface area contributed by atoms with Gasteiger partial charge in [-0.05, 0) is 53.6 Å². The van der Waals surface area contributed by atoms with E-state index in [4.69, 9.17) is 0 Å². The van der Waals surface area contributed by atoms with Crippen LogP contribution in [0.1, 0.15) is 96.8 Å². The van der Waals surface area contributed by atoms with Crippen LogP contribution in [0.5, 0.6) is 0 Å². The lowest BCUT2D eigenvalue weighted by Crippen LogP contribution is -2.34. The van der Waals surface area contributed by atoms with Gasteiger partial charge in [-0.25, -0.2) is 17.9 Å². The maximum atomic E-state index is 12.7. The van der Waals surface area contributed by atoms with Crippen LogP contribution in [0.25, 0.3) is 10.8 Å². The molecule has 0 saturated heterocycles. The van der Waals surface area contributed by atoms with E-state index in [1.807, 2.05) is 29.0 Å². The van der Waals surface area contributed by atoms with Crippen molar-refractivity contribution < 1.29 is 18.0 Å². The molecule has 0 fully saturated rings. The van der Waals surface area contributed by atoms with E-state index in [0.29, 0.717) is 17.8 Å². The van der Waals surface area contributed by atoms with E-state index in [9.17, 15) is 18.0 Å². The molecule has 0 aliphatic heterocycles. The summed E-state index contributed by atoms with van der Waals surface area (Å²) < 4.78 is 27.4. The Morgan fingerprint density at radius 2 is 1.12 bits per heavy atom. The van der Waals surface area contributed by atoms with E-state index >= 15 is 0 Å². The molecule has 3 N–H and O–H groups in total. The van der Waals surface area contributed by atoms with Gasteiger partial charge in [-0.1, -0.05) is 114 Å². The summed E-state index contributed by atoms with van der Waals surface area (Å²) in [5, 5.41) is 7.08. The standard InChI is InChI=1S/C33H45N3O4S/c1-2-3-4-5-6-7-8-9-10-11-12-13-14-19-32(37)34-29-21-23-30(24-22-29)35-33(38)36-41(39,40)31-25-20-27-17-15-16-18-28(27)26-31/h15-18,20-26H,2-14,19H2,1H3,(H,34,37)(H2,35,36,38). The summed E-state index contributed by atoms with van der Waals surface area (Å²) in [5.74, 6) is -0.0343. The quantitative estimate of drug-likeness (QED) is 0.131. The Bertz CT molecular complexity index is 1340. The van der Waals surface area contributed by atoms with Gasteiger partial charge in [0.1, 0.15) is 0 Å². The number of hydrogen-bond donors (Lipinski definition) is 3. The number of anilines is 2. The number of carbonyl (C=O) groups excluding carboxylic acids is 2. The molecule has 0 bridgehead atoms. The van der Waals surface area contributed by atoms with E-state index < -0.39 is 16.1 Å². The number of nitrogens with one attached hydrogen (secondary N) is 3. The smallest absolute Gasteiger partial charge is 0.326 e. The molecule has 0 aliphatic carbocycles. The number of sulfonamides is 1. The highest BCUT2D eigenvalue weighted by Crippen LogP contribution is 2.20. The first-order chi connectivity index (χ1) is 19.9. The Labute approximate surface area is 245 Å². The van der Waals surface area contributed by atoms with E-state index in [0.717, 1.165) is 23.6 Å². The van der Waals surface area contributed by atoms with Crippen LogP contribution in [0, 0.1) is 0 Å². The van der Waals surface area contributed by atoms with Crippen LogP contribution in [-0.4, -0.2) is 20.4 Å². The highest BCUT2D eigenvalue weighted by molar-refractivity contribution is 7.90. The van der Waals surface area contributed by atoms with Crippen LogP contribution in [-0.2, 0) is 14.8 Å². The van der Waals surface area contributed by atoms with Crippen molar-refractivity contribution >= 4 is 44.1 Å². The van der Waals surface area contributed by atoms with Crippen LogP contribution in [0.15, 0.2) is 71.6 Å². The molecule has 0 atom stereocenters. The van der Waals surface area contributed by atoms with Crippen molar-refractivity contribution in [1.29, 1.82) is 0 Å². The van der Waals surface area contributed by atoms with Gasteiger partial charge >= 0.3 is 6.03 Å². The molecular weight excluding hydrogens is 534 g/mol. The first-order valence-corrected chi connectivity index (χ1v) is 16.6. The zero-order valence-electron chi connectivity index (χ0n) is 24.3. The van der Waals surface area contributed by atoms with E-state index in [1.165, 1.54) is 82.8 Å². The van der Waals surface area contributed by atoms with Gasteiger partial charge in [0.2, 0.25) is 5.91 Å². The van der Waals surface area contributed by atoms with Crippen molar-refractivity contribution in [3.8, 4) is 0 Å². The number of amides is 3. The monoisotopic (exact) mass is 579 g/mol. The molecular formula is C33H45N3O4S. The molecule has 0 aliphatic rings. The third kappa shape index (κ3) is 11.9. The highest BCUT2D eigenvalue weighted by Gasteiger charge is 2.18. The predicted molar refractivity (Wildman–Crippen MR) is 169 cm³/mol. The molecule has 3 aromatic carbocycles. The average Bonchev–Trinajstić information content (AvgIpc) is 2.96. The number of benzene rings is 3. The first kappa shape index (κ1) is 32.1. The van der Waals surface area contributed by atoms with Gasteiger partial charge in [0.15, 0.2) is 0 Å². The zero-order chi connectivity index (χ0) is 29.3. The molecule has 0 saturated carbocycles. The Morgan fingerprint density at radius 3 is 1.71 bits per heavy atom. The first-order valence-electron chi connectivity index (χ1n) is 15.1. The lowest BCUT2D eigenvalue weighted by Gasteiger charge is -2.10. The SMILES string of the molecule is CCCCCCCCCCCCCCCC(=O)Nc1ccc(NC(=O)NS(=O)(=O)c2ccc3ccccc3c2)cc1. The van der Waals surface area contributed by atoms with Crippen molar-refractivity contribution in [3.05, 3.63) is 66.7 Å².